The fourth-order valence-electron chi connectivity index (χ4n) is 3.55. The molecule has 0 amide bonds. The minimum atomic E-state index is -1.64. The Bertz CT molecular complexity index is 856. The molecule has 0 aromatic heterocycles. The molecule has 0 atom stereocenters. The number of halogens is 6. The molecule has 0 spiro atoms. The van der Waals surface area contributed by atoms with Crippen LogP contribution < -0.4 is 0 Å². The Hall–Kier alpha value is 0.180. The lowest BCUT2D eigenvalue weighted by molar-refractivity contribution is 0.864. The first-order valence-corrected chi connectivity index (χ1v) is 14.9. The molecule has 0 aliphatic carbocycles. The average Bonchev–Trinajstić information content (AvgIpc) is 2.74. The van der Waals surface area contributed by atoms with Crippen molar-refractivity contribution in [1.29, 1.82) is 0 Å². The van der Waals surface area contributed by atoms with Crippen molar-refractivity contribution in [2.24, 2.45) is 0 Å². The van der Waals surface area contributed by atoms with Gasteiger partial charge in [0, 0.05) is 6.42 Å². The smallest absolute Gasteiger partial charge is 0.0950 e. The molecule has 0 radical (unpaired) electrons. The summed E-state index contributed by atoms with van der Waals surface area (Å²) in [7, 11) is 0. The quantitative estimate of drug-likeness (QED) is 0.0975. The molecule has 0 aliphatic rings. The minimum absolute atomic E-state index is 0.156. The highest BCUT2D eigenvalue weighted by atomic mass is 35.6. The predicted molar refractivity (Wildman–Crippen MR) is 169 cm³/mol. The zero-order chi connectivity index (χ0) is 27.9. The van der Waals surface area contributed by atoms with Crippen LogP contribution in [0.1, 0.15) is 106 Å². The van der Waals surface area contributed by atoms with Crippen molar-refractivity contribution in [3.8, 4) is 0 Å². The Labute approximate surface area is 251 Å². The van der Waals surface area contributed by atoms with Crippen LogP contribution in [0.3, 0.4) is 0 Å². The third kappa shape index (κ3) is 17.6. The van der Waals surface area contributed by atoms with E-state index >= 15 is 0 Å². The molecular formula is C30H44Cl6. The second-order valence-corrected chi connectivity index (χ2v) is 14.1. The SMILES string of the molecule is CC(C)=CCC/C(C)=C/CC/C(C)=C/CC/C=C(\C)CC/C=C(\C)CC(Cl)(Cl)/C(Cl)=C(\C)C(Cl)(Cl)Cl. The predicted octanol–water partition coefficient (Wildman–Crippen LogP) is 13.3. The van der Waals surface area contributed by atoms with E-state index in [0.29, 0.717) is 12.0 Å². The summed E-state index contributed by atoms with van der Waals surface area (Å²) >= 11 is 36.9. The zero-order valence-electron chi connectivity index (χ0n) is 23.0. The molecule has 0 saturated heterocycles. The molecule has 0 aromatic rings. The first-order chi connectivity index (χ1) is 16.6. The third-order valence-corrected chi connectivity index (χ3v) is 8.18. The van der Waals surface area contributed by atoms with E-state index in [1.807, 2.05) is 6.92 Å². The molecule has 0 unspecified atom stereocenters. The van der Waals surface area contributed by atoms with E-state index in [9.17, 15) is 0 Å². The van der Waals surface area contributed by atoms with Crippen molar-refractivity contribution in [3.05, 3.63) is 68.9 Å². The lowest BCUT2D eigenvalue weighted by Gasteiger charge is -2.24. The van der Waals surface area contributed by atoms with Gasteiger partial charge < -0.3 is 0 Å². The molecule has 0 aromatic carbocycles. The third-order valence-electron chi connectivity index (χ3n) is 5.88. The molecule has 0 nitrogen and oxygen atoms in total. The summed E-state index contributed by atoms with van der Waals surface area (Å²) in [4.78, 5) is 0. The van der Waals surface area contributed by atoms with Crippen molar-refractivity contribution < 1.29 is 0 Å². The van der Waals surface area contributed by atoms with Crippen LogP contribution in [0.4, 0.5) is 0 Å². The molecule has 0 bridgehead atoms. The highest BCUT2D eigenvalue weighted by molar-refractivity contribution is 6.70. The van der Waals surface area contributed by atoms with Crippen LogP contribution in [0.2, 0.25) is 0 Å². The summed E-state index contributed by atoms with van der Waals surface area (Å²) in [6.07, 6.45) is 20.5. The van der Waals surface area contributed by atoms with Gasteiger partial charge in [-0.25, -0.2) is 0 Å². The van der Waals surface area contributed by atoms with E-state index in [-0.39, 0.29) is 5.03 Å². The number of hydrogen-bond donors (Lipinski definition) is 0. The topological polar surface area (TPSA) is 0 Å². The van der Waals surface area contributed by atoms with Gasteiger partial charge in [0.2, 0.25) is 3.79 Å². The normalized spacial score (nSPS) is 15.2. The largest absolute Gasteiger partial charge is 0.213 e. The number of alkyl halides is 5. The second kappa shape index (κ2) is 18.5. The van der Waals surface area contributed by atoms with Gasteiger partial charge in [-0.3, -0.25) is 0 Å². The molecule has 36 heavy (non-hydrogen) atoms. The van der Waals surface area contributed by atoms with Crippen molar-refractivity contribution in [2.45, 2.75) is 114 Å². The summed E-state index contributed by atoms with van der Waals surface area (Å²) < 4.78 is -2.97. The number of allylic oxidation sites excluding steroid dienone is 12. The Balaban J connectivity index is 4.49. The fraction of sp³-hybridized carbons (Fsp3) is 0.600. The van der Waals surface area contributed by atoms with Crippen LogP contribution in [0.25, 0.3) is 0 Å². The van der Waals surface area contributed by atoms with E-state index in [0.717, 1.165) is 56.9 Å². The van der Waals surface area contributed by atoms with Crippen molar-refractivity contribution in [1.82, 2.24) is 0 Å². The minimum Gasteiger partial charge on any atom is -0.0950 e. The molecule has 0 rings (SSSR count). The molecule has 0 fully saturated rings. The second-order valence-electron chi connectivity index (χ2n) is 9.99. The van der Waals surface area contributed by atoms with Crippen molar-refractivity contribution >= 4 is 69.6 Å². The molecular weight excluding hydrogens is 573 g/mol. The van der Waals surface area contributed by atoms with Crippen LogP contribution in [-0.4, -0.2) is 8.13 Å². The summed E-state index contributed by atoms with van der Waals surface area (Å²) in [5.41, 5.74) is 7.11. The summed E-state index contributed by atoms with van der Waals surface area (Å²) in [6, 6.07) is 0. The van der Waals surface area contributed by atoms with Crippen LogP contribution in [0.5, 0.6) is 0 Å². The average molecular weight is 617 g/mol. The van der Waals surface area contributed by atoms with Gasteiger partial charge in [0.25, 0.3) is 0 Å². The molecule has 0 N–H and O–H groups in total. The van der Waals surface area contributed by atoms with Crippen LogP contribution in [0, 0.1) is 0 Å². The monoisotopic (exact) mass is 614 g/mol. The summed E-state index contributed by atoms with van der Waals surface area (Å²) in [5, 5.41) is 0.156. The van der Waals surface area contributed by atoms with E-state index in [4.69, 9.17) is 69.6 Å². The lowest BCUT2D eigenvalue weighted by atomic mass is 10.0. The van der Waals surface area contributed by atoms with Crippen LogP contribution >= 0.6 is 69.6 Å². The van der Waals surface area contributed by atoms with Gasteiger partial charge >= 0.3 is 0 Å². The van der Waals surface area contributed by atoms with Crippen LogP contribution in [-0.2, 0) is 0 Å². The van der Waals surface area contributed by atoms with Gasteiger partial charge in [-0.05, 0) is 105 Å². The Morgan fingerprint density at radius 3 is 1.28 bits per heavy atom. The molecule has 0 aliphatic heterocycles. The van der Waals surface area contributed by atoms with Crippen LogP contribution in [0.15, 0.2) is 68.9 Å². The summed E-state index contributed by atoms with van der Waals surface area (Å²) in [6.45, 7) is 14.6. The highest BCUT2D eigenvalue weighted by Gasteiger charge is 2.35. The maximum atomic E-state index is 6.45. The maximum Gasteiger partial charge on any atom is 0.213 e. The number of rotatable bonds is 15. The molecule has 0 heterocycles. The van der Waals surface area contributed by atoms with Gasteiger partial charge in [-0.2, -0.15) is 0 Å². The van der Waals surface area contributed by atoms with E-state index in [1.54, 1.807) is 6.92 Å². The van der Waals surface area contributed by atoms with Crippen molar-refractivity contribution in [2.75, 3.05) is 0 Å². The standard InChI is InChI=1S/C30H44Cl6/c1-22(2)13-10-16-25(5)18-11-17-23(3)14-8-9-15-24(4)19-12-20-26(6)21-29(32,33)28(31)27(7)30(34,35)36/h13-15,18,20H,8-12,16-17,19,21H2,1-7H3/b23-14+,24-15+,25-18+,26-20+,28-27-. The molecule has 206 valence electrons. The molecule has 6 heteroatoms. The van der Waals surface area contributed by atoms with E-state index < -0.39 is 8.13 Å². The fourth-order valence-corrected chi connectivity index (χ4v) is 4.89. The Kier molecular flexibility index (Phi) is 18.6. The lowest BCUT2D eigenvalue weighted by Crippen LogP contribution is -2.19. The Morgan fingerprint density at radius 1 is 0.528 bits per heavy atom. The highest BCUT2D eigenvalue weighted by Crippen LogP contribution is 2.46. The molecule has 0 saturated carbocycles. The Morgan fingerprint density at radius 2 is 0.889 bits per heavy atom. The van der Waals surface area contributed by atoms with Gasteiger partial charge in [-0.15, -0.1) is 0 Å². The summed E-state index contributed by atoms with van der Waals surface area (Å²) in [5.74, 6) is 0. The first-order valence-electron chi connectivity index (χ1n) is 12.6. The van der Waals surface area contributed by atoms with Crippen molar-refractivity contribution in [3.63, 3.8) is 0 Å². The number of hydrogen-bond acceptors (Lipinski definition) is 0. The number of unbranched alkanes of at least 4 members (excludes halogenated alkanes) is 1. The van der Waals surface area contributed by atoms with Gasteiger partial charge in [0.1, 0.15) is 0 Å². The van der Waals surface area contributed by atoms with Gasteiger partial charge in [-0.1, -0.05) is 128 Å². The maximum absolute atomic E-state index is 6.45. The van der Waals surface area contributed by atoms with E-state index in [1.165, 1.54) is 22.3 Å². The first kappa shape index (κ1) is 36.2. The van der Waals surface area contributed by atoms with Gasteiger partial charge in [0.05, 0.1) is 5.03 Å². The van der Waals surface area contributed by atoms with Gasteiger partial charge in [0.15, 0.2) is 4.33 Å². The zero-order valence-corrected chi connectivity index (χ0v) is 27.6. The van der Waals surface area contributed by atoms with E-state index in [2.05, 4.69) is 65.0 Å².